The van der Waals surface area contributed by atoms with Crippen LogP contribution in [0.3, 0.4) is 0 Å². The molecule has 0 saturated carbocycles. The fourth-order valence-corrected chi connectivity index (χ4v) is 0.680. The van der Waals surface area contributed by atoms with E-state index in [2.05, 4.69) is 5.04 Å². The average Bonchev–Trinajstić information content (AvgIpc) is 2.17. The van der Waals surface area contributed by atoms with E-state index in [9.17, 15) is 0 Å². The molecule has 0 aliphatic carbocycles. The topological polar surface area (TPSA) is 49.7 Å². The van der Waals surface area contributed by atoms with Crippen molar-refractivity contribution in [3.8, 4) is 0 Å². The lowest BCUT2D eigenvalue weighted by Crippen LogP contribution is -1.60. The zero-order chi connectivity index (χ0) is 6.24. The first-order chi connectivity index (χ1) is 3.91. The Hall–Kier alpha value is -0.420. The van der Waals surface area contributed by atoms with E-state index < -0.39 is 0 Å². The second kappa shape index (κ2) is 6.58. The summed E-state index contributed by atoms with van der Waals surface area (Å²) in [6.07, 6.45) is 0. The lowest BCUT2D eigenvalue weighted by Gasteiger charge is -1.56. The molecule has 1 aromatic rings. The fourth-order valence-electron chi connectivity index (χ4n) is 0.227. The predicted molar refractivity (Wildman–Crippen MR) is 30.7 cm³/mol. The second-order valence-electron chi connectivity index (χ2n) is 0.875. The lowest BCUT2D eigenvalue weighted by atomic mass is 10.7. The van der Waals surface area contributed by atoms with Crippen LogP contribution >= 0.6 is 11.3 Å². The Morgan fingerprint density at radius 2 is 1.50 bits per heavy atom. The van der Waals surface area contributed by atoms with E-state index in [1.54, 1.807) is 11.3 Å². The Bertz CT molecular complexity index is 78.2. The van der Waals surface area contributed by atoms with Crippen LogP contribution in [0, 0.1) is 0 Å². The van der Waals surface area contributed by atoms with Crippen LogP contribution in [0.1, 0.15) is 0 Å². The molecule has 0 saturated heterocycles. The van der Waals surface area contributed by atoms with E-state index in [0.717, 1.165) is 0 Å². The number of rotatable bonds is 0. The summed E-state index contributed by atoms with van der Waals surface area (Å²) in [6, 6.07) is 4.04. The standard InChI is InChI=1S/C4H4S.H2O3/c1-2-4-5-3-1;1-3-2/h1-4H;1-2H. The van der Waals surface area contributed by atoms with Crippen LogP contribution in [0.2, 0.25) is 0 Å². The van der Waals surface area contributed by atoms with Crippen LogP contribution in [0.5, 0.6) is 0 Å². The van der Waals surface area contributed by atoms with Gasteiger partial charge < -0.3 is 0 Å². The van der Waals surface area contributed by atoms with Gasteiger partial charge in [0.15, 0.2) is 0 Å². The van der Waals surface area contributed by atoms with Gasteiger partial charge in [0.25, 0.3) is 0 Å². The normalized spacial score (nSPS) is 7.25. The van der Waals surface area contributed by atoms with Gasteiger partial charge in [0.05, 0.1) is 0 Å². The molecule has 0 spiro atoms. The number of hydrogen-bond acceptors (Lipinski definition) is 4. The first kappa shape index (κ1) is 7.58. The molecule has 0 bridgehead atoms. The summed E-state index contributed by atoms with van der Waals surface area (Å²) in [5.41, 5.74) is 0. The van der Waals surface area contributed by atoms with Crippen LogP contribution in [0.15, 0.2) is 22.9 Å². The van der Waals surface area contributed by atoms with Crippen LogP contribution in [-0.4, -0.2) is 10.5 Å². The van der Waals surface area contributed by atoms with Crippen molar-refractivity contribution in [2.75, 3.05) is 0 Å². The Kier molecular flexibility index (Phi) is 6.23. The van der Waals surface area contributed by atoms with Crippen LogP contribution in [0.25, 0.3) is 0 Å². The first-order valence-electron chi connectivity index (χ1n) is 1.84. The Balaban J connectivity index is 0.000000145. The molecule has 0 aliphatic heterocycles. The molecule has 2 N–H and O–H groups in total. The minimum absolute atomic E-state index is 1.71. The van der Waals surface area contributed by atoms with Crippen molar-refractivity contribution < 1.29 is 15.6 Å². The third-order valence-corrected chi connectivity index (χ3v) is 1.05. The summed E-state index contributed by atoms with van der Waals surface area (Å²) in [5, 5.41) is 19.6. The van der Waals surface area contributed by atoms with Gasteiger partial charge >= 0.3 is 0 Å². The van der Waals surface area contributed by atoms with Crippen molar-refractivity contribution in [2.45, 2.75) is 0 Å². The van der Waals surface area contributed by atoms with Gasteiger partial charge in [-0.1, -0.05) is 17.2 Å². The maximum atomic E-state index is 6.62. The highest BCUT2D eigenvalue weighted by molar-refractivity contribution is 7.07. The van der Waals surface area contributed by atoms with Gasteiger partial charge in [-0.15, -0.1) is 0 Å². The molecule has 0 unspecified atom stereocenters. The molecular weight excluding hydrogens is 128 g/mol. The average molecular weight is 134 g/mol. The highest BCUT2D eigenvalue weighted by Gasteiger charge is 1.58. The minimum atomic E-state index is 1.71. The van der Waals surface area contributed by atoms with Gasteiger partial charge in [0.2, 0.25) is 0 Å². The van der Waals surface area contributed by atoms with Crippen LogP contribution < -0.4 is 0 Å². The molecule has 1 rings (SSSR count). The maximum absolute atomic E-state index is 6.62. The largest absolute Gasteiger partial charge is 0.221 e. The molecule has 0 aromatic carbocycles. The van der Waals surface area contributed by atoms with Gasteiger partial charge in [-0.2, -0.15) is 11.3 Å². The minimum Gasteiger partial charge on any atom is -0.221 e. The monoisotopic (exact) mass is 134 g/mol. The Morgan fingerprint density at radius 3 is 1.62 bits per heavy atom. The highest BCUT2D eigenvalue weighted by atomic mass is 32.1. The van der Waals surface area contributed by atoms with Crippen molar-refractivity contribution in [1.29, 1.82) is 0 Å². The number of thiophene rings is 1. The predicted octanol–water partition coefficient (Wildman–Crippen LogP) is 1.70. The summed E-state index contributed by atoms with van der Waals surface area (Å²) < 4.78 is 0. The number of hydrogen-bond donors (Lipinski definition) is 2. The molecule has 4 heteroatoms. The van der Waals surface area contributed by atoms with E-state index in [4.69, 9.17) is 10.5 Å². The first-order valence-corrected chi connectivity index (χ1v) is 2.78. The van der Waals surface area contributed by atoms with Gasteiger partial charge in [-0.3, -0.25) is 0 Å². The summed E-state index contributed by atoms with van der Waals surface area (Å²) in [4.78, 5) is 0. The SMILES string of the molecule is OOO.c1ccsc1. The molecule has 8 heavy (non-hydrogen) atoms. The quantitative estimate of drug-likeness (QED) is 0.419. The molecule has 1 heterocycles. The van der Waals surface area contributed by atoms with Gasteiger partial charge in [-0.25, -0.2) is 10.5 Å². The molecule has 0 atom stereocenters. The molecule has 0 aliphatic rings. The van der Waals surface area contributed by atoms with Crippen LogP contribution in [-0.2, 0) is 5.04 Å². The molecule has 46 valence electrons. The maximum Gasteiger partial charge on any atom is -0.00934 e. The summed E-state index contributed by atoms with van der Waals surface area (Å²) >= 11 is 1.71. The molecule has 3 nitrogen and oxygen atoms in total. The summed E-state index contributed by atoms with van der Waals surface area (Å²) in [7, 11) is 0. The smallest absolute Gasteiger partial charge is 0.00934 e. The molecule has 0 fully saturated rings. The van der Waals surface area contributed by atoms with Crippen LogP contribution in [0.4, 0.5) is 0 Å². The summed E-state index contributed by atoms with van der Waals surface area (Å²) in [5.74, 6) is 0. The van der Waals surface area contributed by atoms with Crippen molar-refractivity contribution in [1.82, 2.24) is 0 Å². The fraction of sp³-hybridized carbons (Fsp3) is 0. The van der Waals surface area contributed by atoms with E-state index in [1.807, 2.05) is 22.9 Å². The molecule has 0 amide bonds. The molecule has 0 radical (unpaired) electrons. The Labute approximate surface area is 50.6 Å². The second-order valence-corrected chi connectivity index (χ2v) is 1.69. The van der Waals surface area contributed by atoms with Crippen molar-refractivity contribution in [3.05, 3.63) is 22.9 Å². The molecule has 1 aromatic heterocycles. The van der Waals surface area contributed by atoms with Gasteiger partial charge in [0.1, 0.15) is 0 Å². The van der Waals surface area contributed by atoms with Gasteiger partial charge in [-0.05, 0) is 10.8 Å². The highest BCUT2D eigenvalue weighted by Crippen LogP contribution is 1.91. The van der Waals surface area contributed by atoms with E-state index >= 15 is 0 Å². The van der Waals surface area contributed by atoms with E-state index in [0.29, 0.717) is 0 Å². The van der Waals surface area contributed by atoms with E-state index in [-0.39, 0.29) is 0 Å². The zero-order valence-electron chi connectivity index (χ0n) is 4.02. The lowest BCUT2D eigenvalue weighted by molar-refractivity contribution is -0.465. The van der Waals surface area contributed by atoms with Crippen molar-refractivity contribution in [3.63, 3.8) is 0 Å². The van der Waals surface area contributed by atoms with Crippen molar-refractivity contribution in [2.24, 2.45) is 0 Å². The Morgan fingerprint density at radius 1 is 1.12 bits per heavy atom. The van der Waals surface area contributed by atoms with Gasteiger partial charge in [0, 0.05) is 0 Å². The zero-order valence-corrected chi connectivity index (χ0v) is 4.84. The summed E-state index contributed by atoms with van der Waals surface area (Å²) in [6.45, 7) is 0. The van der Waals surface area contributed by atoms with Crippen molar-refractivity contribution >= 4 is 11.3 Å². The third-order valence-electron chi connectivity index (χ3n) is 0.425. The third kappa shape index (κ3) is 5.58. The van der Waals surface area contributed by atoms with E-state index in [1.165, 1.54) is 0 Å². The molecular formula is C4H6O3S.